The van der Waals surface area contributed by atoms with E-state index in [4.69, 9.17) is 9.47 Å². The molecule has 2 aromatic heterocycles. The molecule has 1 unspecified atom stereocenters. The molecule has 0 spiro atoms. The number of hydrogen-bond acceptors (Lipinski definition) is 8. The maximum atomic E-state index is 13.3. The number of ether oxygens (including phenoxy) is 2. The first-order valence-electron chi connectivity index (χ1n) is 12.4. The number of anilines is 1. The summed E-state index contributed by atoms with van der Waals surface area (Å²) in [4.78, 5) is 26.4. The van der Waals surface area contributed by atoms with Crippen molar-refractivity contribution in [1.82, 2.24) is 20.2 Å². The maximum Gasteiger partial charge on any atom is 0.261 e. The molecule has 2 N–H and O–H groups in total. The highest BCUT2D eigenvalue weighted by molar-refractivity contribution is 7.20. The minimum atomic E-state index is -0.00113. The second-order valence-corrected chi connectivity index (χ2v) is 10.5. The van der Waals surface area contributed by atoms with Crippen molar-refractivity contribution in [2.24, 2.45) is 0 Å². The third-order valence-corrected chi connectivity index (χ3v) is 8.70. The number of nitrogens with zero attached hydrogens (tertiary/aromatic N) is 3. The highest BCUT2D eigenvalue weighted by Crippen LogP contribution is 2.36. The molecule has 1 aliphatic carbocycles. The molecule has 3 fully saturated rings. The highest BCUT2D eigenvalue weighted by atomic mass is 32.1. The fraction of sp³-hybridized carbons (Fsp3) is 0.708. The van der Waals surface area contributed by atoms with Gasteiger partial charge in [0.2, 0.25) is 0 Å². The molecule has 2 saturated heterocycles. The zero-order valence-corrected chi connectivity index (χ0v) is 20.3. The first-order chi connectivity index (χ1) is 16.2. The van der Waals surface area contributed by atoms with Crippen molar-refractivity contribution in [1.29, 1.82) is 0 Å². The number of thiophene rings is 1. The number of morpholine rings is 1. The summed E-state index contributed by atoms with van der Waals surface area (Å²) in [5.41, 5.74) is 1.00. The van der Waals surface area contributed by atoms with Crippen molar-refractivity contribution in [2.45, 2.75) is 63.5 Å². The largest absolute Gasteiger partial charge is 0.379 e. The van der Waals surface area contributed by atoms with Gasteiger partial charge in [-0.1, -0.05) is 19.3 Å². The Labute approximate surface area is 199 Å². The summed E-state index contributed by atoms with van der Waals surface area (Å²) in [7, 11) is 0. The van der Waals surface area contributed by atoms with Crippen molar-refractivity contribution in [3.8, 4) is 0 Å². The fourth-order valence-electron chi connectivity index (χ4n) is 5.62. The number of fused-ring (bicyclic) bond motifs is 1. The number of rotatable bonds is 7. The average Bonchev–Trinajstić information content (AvgIpc) is 3.51. The number of nitrogens with one attached hydrogen (secondary N) is 2. The summed E-state index contributed by atoms with van der Waals surface area (Å²) in [6, 6.07) is 0. The Hall–Kier alpha value is -1.81. The molecule has 2 aliphatic heterocycles. The van der Waals surface area contributed by atoms with Crippen molar-refractivity contribution >= 4 is 33.3 Å². The van der Waals surface area contributed by atoms with E-state index in [1.807, 2.05) is 6.92 Å². The van der Waals surface area contributed by atoms with E-state index in [-0.39, 0.29) is 17.6 Å². The topological polar surface area (TPSA) is 88.6 Å². The van der Waals surface area contributed by atoms with Crippen molar-refractivity contribution in [3.05, 3.63) is 16.8 Å². The summed E-state index contributed by atoms with van der Waals surface area (Å²) < 4.78 is 11.3. The van der Waals surface area contributed by atoms with Crippen LogP contribution in [0.2, 0.25) is 0 Å². The molecule has 1 atom stereocenters. The van der Waals surface area contributed by atoms with Gasteiger partial charge in [0.15, 0.2) is 0 Å². The average molecular weight is 474 g/mol. The minimum absolute atomic E-state index is 0.00113. The quantitative estimate of drug-likeness (QED) is 0.637. The van der Waals surface area contributed by atoms with Crippen LogP contribution in [-0.4, -0.2) is 78.4 Å². The van der Waals surface area contributed by atoms with Crippen LogP contribution in [0.15, 0.2) is 6.33 Å². The predicted octanol–water partition coefficient (Wildman–Crippen LogP) is 3.36. The van der Waals surface area contributed by atoms with E-state index in [0.717, 1.165) is 91.6 Å². The normalized spacial score (nSPS) is 23.6. The zero-order chi connectivity index (χ0) is 22.7. The van der Waals surface area contributed by atoms with E-state index in [1.54, 1.807) is 6.33 Å². The fourth-order valence-corrected chi connectivity index (χ4v) is 6.68. The van der Waals surface area contributed by atoms with Gasteiger partial charge in [-0.3, -0.25) is 9.69 Å². The lowest BCUT2D eigenvalue weighted by Crippen LogP contribution is -2.59. The van der Waals surface area contributed by atoms with Crippen LogP contribution in [0.4, 0.5) is 5.82 Å². The van der Waals surface area contributed by atoms with Crippen molar-refractivity contribution in [2.75, 3.05) is 51.3 Å². The predicted molar refractivity (Wildman–Crippen MR) is 130 cm³/mol. The Bertz CT molecular complexity index is 962. The highest BCUT2D eigenvalue weighted by Gasteiger charge is 2.39. The van der Waals surface area contributed by atoms with E-state index in [1.165, 1.54) is 30.6 Å². The van der Waals surface area contributed by atoms with Crippen LogP contribution in [0.3, 0.4) is 0 Å². The van der Waals surface area contributed by atoms with E-state index in [9.17, 15) is 4.79 Å². The van der Waals surface area contributed by atoms with Crippen LogP contribution >= 0.6 is 11.3 Å². The van der Waals surface area contributed by atoms with E-state index >= 15 is 0 Å². The summed E-state index contributed by atoms with van der Waals surface area (Å²) in [6.45, 7) is 7.73. The molecule has 3 aliphatic rings. The van der Waals surface area contributed by atoms with Gasteiger partial charge in [-0.2, -0.15) is 0 Å². The van der Waals surface area contributed by atoms with Gasteiger partial charge in [-0.15, -0.1) is 11.3 Å². The summed E-state index contributed by atoms with van der Waals surface area (Å²) >= 11 is 1.46. The minimum Gasteiger partial charge on any atom is -0.379 e. The number of amides is 1. The third kappa shape index (κ3) is 4.87. The van der Waals surface area contributed by atoms with Crippen LogP contribution in [0.5, 0.6) is 0 Å². The summed E-state index contributed by atoms with van der Waals surface area (Å²) in [5, 5.41) is 7.69. The second kappa shape index (κ2) is 10.2. The van der Waals surface area contributed by atoms with Crippen LogP contribution in [0, 0.1) is 6.92 Å². The van der Waals surface area contributed by atoms with Gasteiger partial charge >= 0.3 is 0 Å². The Balaban J connectivity index is 1.31. The van der Waals surface area contributed by atoms with Crippen LogP contribution in [0.25, 0.3) is 10.2 Å². The SMILES string of the molecule is Cc1c(C(=O)NCC2(N3CCOCC3)CCCCC2)sc2ncnc(NCC3CCCO3)c12. The molecule has 5 rings (SSSR count). The molecule has 4 heterocycles. The van der Waals surface area contributed by atoms with Gasteiger partial charge < -0.3 is 20.1 Å². The zero-order valence-electron chi connectivity index (χ0n) is 19.5. The van der Waals surface area contributed by atoms with Crippen molar-refractivity contribution in [3.63, 3.8) is 0 Å². The number of aryl methyl sites for hydroxylation is 1. The lowest BCUT2D eigenvalue weighted by molar-refractivity contribution is -0.0361. The Morgan fingerprint density at radius 3 is 2.76 bits per heavy atom. The Morgan fingerprint density at radius 2 is 2.00 bits per heavy atom. The molecular weight excluding hydrogens is 438 g/mol. The molecule has 9 heteroatoms. The molecule has 8 nitrogen and oxygen atoms in total. The van der Waals surface area contributed by atoms with Gasteiger partial charge in [0.25, 0.3) is 5.91 Å². The molecule has 0 aromatic carbocycles. The number of carbonyl (C=O) groups excluding carboxylic acids is 1. The van der Waals surface area contributed by atoms with E-state index in [0.29, 0.717) is 6.54 Å². The molecule has 0 bridgehead atoms. The molecule has 0 radical (unpaired) electrons. The standard InChI is InChI=1S/C24H35N5O3S/c1-17-19-21(25-14-18-6-5-11-32-18)27-16-28-23(19)33-20(17)22(30)26-15-24(7-3-2-4-8-24)29-9-12-31-13-10-29/h16,18H,2-15H2,1H3,(H,26,30)(H,25,27,28). The van der Waals surface area contributed by atoms with Crippen LogP contribution in [0.1, 0.15) is 60.2 Å². The van der Waals surface area contributed by atoms with Crippen molar-refractivity contribution < 1.29 is 14.3 Å². The number of hydrogen-bond donors (Lipinski definition) is 2. The molecule has 180 valence electrons. The van der Waals surface area contributed by atoms with Gasteiger partial charge in [-0.05, 0) is 38.2 Å². The third-order valence-electron chi connectivity index (χ3n) is 7.50. The van der Waals surface area contributed by atoms with Crippen LogP contribution < -0.4 is 10.6 Å². The summed E-state index contributed by atoms with van der Waals surface area (Å²) in [6.07, 6.45) is 10.0. The molecule has 33 heavy (non-hydrogen) atoms. The van der Waals surface area contributed by atoms with Gasteiger partial charge in [-0.25, -0.2) is 9.97 Å². The van der Waals surface area contributed by atoms with Gasteiger partial charge in [0.05, 0.1) is 29.6 Å². The van der Waals surface area contributed by atoms with Gasteiger partial charge in [0, 0.05) is 38.3 Å². The lowest BCUT2D eigenvalue weighted by Gasteiger charge is -2.48. The maximum absolute atomic E-state index is 13.3. The second-order valence-electron chi connectivity index (χ2n) is 9.54. The lowest BCUT2D eigenvalue weighted by atomic mass is 9.79. The van der Waals surface area contributed by atoms with E-state index in [2.05, 4.69) is 25.5 Å². The van der Waals surface area contributed by atoms with Crippen LogP contribution in [-0.2, 0) is 9.47 Å². The summed E-state index contributed by atoms with van der Waals surface area (Å²) in [5.74, 6) is 0.791. The molecule has 1 saturated carbocycles. The smallest absolute Gasteiger partial charge is 0.261 e. The Morgan fingerprint density at radius 1 is 1.18 bits per heavy atom. The van der Waals surface area contributed by atoms with Gasteiger partial charge in [0.1, 0.15) is 17.0 Å². The first kappa shape index (κ1) is 23.0. The molecular formula is C24H35N5O3S. The first-order valence-corrected chi connectivity index (χ1v) is 13.2. The molecule has 2 aromatic rings. The Kier molecular flexibility index (Phi) is 7.10. The monoisotopic (exact) mass is 473 g/mol. The number of aromatic nitrogens is 2. The molecule has 1 amide bonds. The van der Waals surface area contributed by atoms with E-state index < -0.39 is 0 Å². The number of carbonyl (C=O) groups is 1.